The number of nitrogens with two attached hydrogens (primary N) is 1. The molecular weight excluding hydrogens is 234 g/mol. The molecule has 1 unspecified atom stereocenters. The number of hydrogen-bond donors (Lipinski definition) is 2. The second kappa shape index (κ2) is 5.81. The summed E-state index contributed by atoms with van der Waals surface area (Å²) >= 11 is 0. The second-order valence-electron chi connectivity index (χ2n) is 4.55. The largest absolute Gasteiger partial charge is 0.396 e. The number of nitrogen functional groups attached to an aromatic ring is 1. The minimum absolute atomic E-state index is 0.0121. The summed E-state index contributed by atoms with van der Waals surface area (Å²) in [4.78, 5) is 17.8. The van der Waals surface area contributed by atoms with E-state index in [2.05, 4.69) is 10.1 Å². The normalized spacial score (nSPS) is 20.1. The van der Waals surface area contributed by atoms with Crippen LogP contribution in [0.5, 0.6) is 0 Å². The van der Waals surface area contributed by atoms with Gasteiger partial charge in [0.1, 0.15) is 12.9 Å². The Labute approximate surface area is 106 Å². The summed E-state index contributed by atoms with van der Waals surface area (Å²) in [6.45, 7) is 1.03. The zero-order valence-corrected chi connectivity index (χ0v) is 10.3. The SMILES string of the molecule is Nc1ncn(CC(=O)N2CCCCC2CCO)n1. The van der Waals surface area contributed by atoms with Gasteiger partial charge in [-0.3, -0.25) is 4.79 Å². The Kier molecular flexibility index (Phi) is 4.14. The highest BCUT2D eigenvalue weighted by atomic mass is 16.3. The lowest BCUT2D eigenvalue weighted by Crippen LogP contribution is -2.45. The monoisotopic (exact) mass is 253 g/mol. The van der Waals surface area contributed by atoms with Gasteiger partial charge >= 0.3 is 0 Å². The lowest BCUT2D eigenvalue weighted by atomic mass is 9.99. The number of anilines is 1. The van der Waals surface area contributed by atoms with Crippen LogP contribution in [0.25, 0.3) is 0 Å². The average Bonchev–Trinajstić information content (AvgIpc) is 2.76. The van der Waals surface area contributed by atoms with Crippen molar-refractivity contribution in [2.24, 2.45) is 0 Å². The molecule has 1 aromatic heterocycles. The molecule has 1 fully saturated rings. The number of aliphatic hydroxyl groups excluding tert-OH is 1. The number of aromatic nitrogens is 3. The summed E-state index contributed by atoms with van der Waals surface area (Å²) in [6.07, 6.45) is 5.20. The zero-order valence-electron chi connectivity index (χ0n) is 10.3. The highest BCUT2D eigenvalue weighted by Gasteiger charge is 2.26. The van der Waals surface area contributed by atoms with Gasteiger partial charge in [0.05, 0.1) is 0 Å². The minimum atomic E-state index is 0.0121. The Morgan fingerprint density at radius 3 is 3.06 bits per heavy atom. The van der Waals surface area contributed by atoms with Crippen molar-refractivity contribution in [1.82, 2.24) is 19.7 Å². The van der Waals surface area contributed by atoms with E-state index >= 15 is 0 Å². The maximum atomic E-state index is 12.2. The molecule has 0 aromatic carbocycles. The molecule has 0 saturated carbocycles. The molecule has 1 aliphatic rings. The molecule has 1 atom stereocenters. The standard InChI is InChI=1S/C11H19N5O2/c12-11-13-8-15(14-11)7-10(18)16-5-2-1-3-9(16)4-6-17/h8-9,17H,1-7H2,(H2,12,14). The van der Waals surface area contributed by atoms with Gasteiger partial charge in [-0.1, -0.05) is 0 Å². The van der Waals surface area contributed by atoms with Crippen LogP contribution in [0.3, 0.4) is 0 Å². The highest BCUT2D eigenvalue weighted by molar-refractivity contribution is 5.76. The molecule has 3 N–H and O–H groups in total. The number of hydrogen-bond acceptors (Lipinski definition) is 5. The molecule has 2 heterocycles. The first-order valence-electron chi connectivity index (χ1n) is 6.26. The van der Waals surface area contributed by atoms with Crippen LogP contribution >= 0.6 is 0 Å². The predicted molar refractivity (Wildman–Crippen MR) is 65.5 cm³/mol. The molecule has 1 saturated heterocycles. The van der Waals surface area contributed by atoms with Crippen molar-refractivity contribution >= 4 is 11.9 Å². The van der Waals surface area contributed by atoms with Gasteiger partial charge in [0, 0.05) is 19.2 Å². The Morgan fingerprint density at radius 2 is 2.39 bits per heavy atom. The van der Waals surface area contributed by atoms with E-state index in [9.17, 15) is 4.79 Å². The number of carbonyl (C=O) groups excluding carboxylic acids is 1. The molecular formula is C11H19N5O2. The molecule has 7 nitrogen and oxygen atoms in total. The third-order valence-electron chi connectivity index (χ3n) is 3.26. The fourth-order valence-electron chi connectivity index (χ4n) is 2.39. The van der Waals surface area contributed by atoms with E-state index < -0.39 is 0 Å². The quantitative estimate of drug-likeness (QED) is 0.762. The van der Waals surface area contributed by atoms with Crippen LogP contribution in [-0.4, -0.2) is 49.9 Å². The van der Waals surface area contributed by atoms with Gasteiger partial charge in [0.25, 0.3) is 0 Å². The summed E-state index contributed by atoms with van der Waals surface area (Å²) in [5, 5.41) is 12.9. The zero-order chi connectivity index (χ0) is 13.0. The van der Waals surface area contributed by atoms with Gasteiger partial charge in [-0.2, -0.15) is 0 Å². The Morgan fingerprint density at radius 1 is 1.56 bits per heavy atom. The van der Waals surface area contributed by atoms with Gasteiger partial charge in [-0.25, -0.2) is 9.67 Å². The molecule has 7 heteroatoms. The molecule has 1 aliphatic heterocycles. The van der Waals surface area contributed by atoms with Crippen LogP contribution in [0.15, 0.2) is 6.33 Å². The van der Waals surface area contributed by atoms with Crippen LogP contribution in [0, 0.1) is 0 Å². The van der Waals surface area contributed by atoms with Crippen molar-refractivity contribution in [1.29, 1.82) is 0 Å². The van der Waals surface area contributed by atoms with Crippen LogP contribution in [-0.2, 0) is 11.3 Å². The van der Waals surface area contributed by atoms with Crippen molar-refractivity contribution in [2.75, 3.05) is 18.9 Å². The van der Waals surface area contributed by atoms with Crippen molar-refractivity contribution in [3.63, 3.8) is 0 Å². The fraction of sp³-hybridized carbons (Fsp3) is 0.727. The summed E-state index contributed by atoms with van der Waals surface area (Å²) in [7, 11) is 0. The number of rotatable bonds is 4. The average molecular weight is 253 g/mol. The third kappa shape index (κ3) is 2.98. The van der Waals surface area contributed by atoms with E-state index in [-0.39, 0.29) is 31.0 Å². The number of likely N-dealkylation sites (tertiary alicyclic amines) is 1. The smallest absolute Gasteiger partial charge is 0.244 e. The van der Waals surface area contributed by atoms with Gasteiger partial charge < -0.3 is 15.7 Å². The molecule has 1 aromatic rings. The maximum absolute atomic E-state index is 12.2. The summed E-state index contributed by atoms with van der Waals surface area (Å²) in [6, 6.07) is 0.150. The number of piperidine rings is 1. The van der Waals surface area contributed by atoms with E-state index in [1.807, 2.05) is 4.90 Å². The Hall–Kier alpha value is -1.63. The molecule has 100 valence electrons. The van der Waals surface area contributed by atoms with Gasteiger partial charge in [0.2, 0.25) is 11.9 Å². The van der Waals surface area contributed by atoms with Crippen LogP contribution in [0.4, 0.5) is 5.95 Å². The van der Waals surface area contributed by atoms with Gasteiger partial charge in [-0.15, -0.1) is 5.10 Å². The van der Waals surface area contributed by atoms with Crippen LogP contribution in [0.1, 0.15) is 25.7 Å². The number of amides is 1. The van der Waals surface area contributed by atoms with Crippen molar-refractivity contribution < 1.29 is 9.90 Å². The topological polar surface area (TPSA) is 97.3 Å². The lowest BCUT2D eigenvalue weighted by molar-refractivity contribution is -0.136. The molecule has 0 bridgehead atoms. The third-order valence-corrected chi connectivity index (χ3v) is 3.26. The van der Waals surface area contributed by atoms with Crippen molar-refractivity contribution in [3.05, 3.63) is 6.33 Å². The fourth-order valence-corrected chi connectivity index (χ4v) is 2.39. The number of aliphatic hydroxyl groups is 1. The molecule has 18 heavy (non-hydrogen) atoms. The first-order chi connectivity index (χ1) is 8.70. The van der Waals surface area contributed by atoms with Crippen molar-refractivity contribution in [3.8, 4) is 0 Å². The van der Waals surface area contributed by atoms with Crippen molar-refractivity contribution in [2.45, 2.75) is 38.3 Å². The Bertz CT molecular complexity index is 404. The Balaban J connectivity index is 1.97. The van der Waals surface area contributed by atoms with Gasteiger partial charge in [0.15, 0.2) is 0 Å². The first kappa shape index (κ1) is 12.8. The lowest BCUT2D eigenvalue weighted by Gasteiger charge is -2.35. The molecule has 0 spiro atoms. The molecule has 2 rings (SSSR count). The summed E-state index contributed by atoms with van der Waals surface area (Å²) in [5.74, 6) is 0.186. The van der Waals surface area contributed by atoms with Crippen LogP contribution in [0.2, 0.25) is 0 Å². The molecule has 1 amide bonds. The highest BCUT2D eigenvalue weighted by Crippen LogP contribution is 2.19. The maximum Gasteiger partial charge on any atom is 0.244 e. The summed E-state index contributed by atoms with van der Waals surface area (Å²) in [5.41, 5.74) is 5.41. The predicted octanol–water partition coefficient (Wildman–Crippen LogP) is -0.376. The molecule has 0 radical (unpaired) electrons. The summed E-state index contributed by atoms with van der Waals surface area (Å²) < 4.78 is 1.45. The second-order valence-corrected chi connectivity index (χ2v) is 4.55. The minimum Gasteiger partial charge on any atom is -0.396 e. The van der Waals surface area contributed by atoms with E-state index in [0.29, 0.717) is 6.42 Å². The van der Waals surface area contributed by atoms with E-state index in [4.69, 9.17) is 10.8 Å². The molecule has 0 aliphatic carbocycles. The van der Waals surface area contributed by atoms with Crippen LogP contribution < -0.4 is 5.73 Å². The first-order valence-corrected chi connectivity index (χ1v) is 6.26. The number of carbonyl (C=O) groups is 1. The van der Waals surface area contributed by atoms with E-state index in [0.717, 1.165) is 25.8 Å². The van der Waals surface area contributed by atoms with E-state index in [1.54, 1.807) is 0 Å². The number of nitrogens with zero attached hydrogens (tertiary/aromatic N) is 4. The van der Waals surface area contributed by atoms with Gasteiger partial charge in [-0.05, 0) is 25.7 Å². The van der Waals surface area contributed by atoms with E-state index in [1.165, 1.54) is 11.0 Å².